The van der Waals surface area contributed by atoms with Gasteiger partial charge in [0.25, 0.3) is 0 Å². The summed E-state index contributed by atoms with van der Waals surface area (Å²) in [6, 6.07) is 9.64. The van der Waals surface area contributed by atoms with E-state index in [4.69, 9.17) is 0 Å². The van der Waals surface area contributed by atoms with Gasteiger partial charge in [-0.3, -0.25) is 14.5 Å². The van der Waals surface area contributed by atoms with Crippen LogP contribution in [0.4, 0.5) is 5.69 Å². The molecule has 138 valence electrons. The molecule has 8 heteroatoms. The van der Waals surface area contributed by atoms with Gasteiger partial charge in [-0.05, 0) is 29.8 Å². The number of aryl methyl sites for hydroxylation is 1. The van der Waals surface area contributed by atoms with E-state index in [1.807, 2.05) is 49.8 Å². The zero-order chi connectivity index (χ0) is 16.5. The van der Waals surface area contributed by atoms with Crippen LogP contribution >= 0.6 is 24.8 Å². The molecule has 0 aliphatic carbocycles. The van der Waals surface area contributed by atoms with E-state index >= 15 is 0 Å². The van der Waals surface area contributed by atoms with Crippen molar-refractivity contribution in [1.82, 2.24) is 20.1 Å². The monoisotopic (exact) mass is 393 g/mol. The third-order valence-corrected chi connectivity index (χ3v) is 4.61. The Labute approximate surface area is 164 Å². The molecule has 0 spiro atoms. The molecule has 1 amide bonds. The minimum atomic E-state index is -0.110. The molecule has 1 aliphatic rings. The van der Waals surface area contributed by atoms with Crippen LogP contribution in [-0.2, 0) is 11.8 Å². The normalized spacial score (nSPS) is 18.8. The molecular weight excluding hydrogens is 373 g/mol. The number of rotatable bonds is 3. The van der Waals surface area contributed by atoms with Crippen molar-refractivity contribution in [2.24, 2.45) is 13.0 Å². The molecule has 6 nitrogen and oxygen atoms in total. The summed E-state index contributed by atoms with van der Waals surface area (Å²) in [5.41, 5.74) is 2.79. The molecule has 3 heterocycles. The first-order valence-corrected chi connectivity index (χ1v) is 8.06. The van der Waals surface area contributed by atoms with Gasteiger partial charge in [0.05, 0.1) is 23.3 Å². The highest BCUT2D eigenvalue weighted by Crippen LogP contribution is 2.30. The lowest BCUT2D eigenvalue weighted by Crippen LogP contribution is -2.28. The average Bonchev–Trinajstić information content (AvgIpc) is 3.24. The number of nitrogens with zero attached hydrogens (tertiary/aromatic N) is 3. The van der Waals surface area contributed by atoms with E-state index in [2.05, 4.69) is 20.7 Å². The number of carbonyl (C=O) groups is 1. The molecule has 2 atom stereocenters. The first kappa shape index (κ1) is 20.2. The third kappa shape index (κ3) is 3.82. The van der Waals surface area contributed by atoms with Gasteiger partial charge >= 0.3 is 0 Å². The highest BCUT2D eigenvalue weighted by Gasteiger charge is 2.34. The molecule has 1 saturated heterocycles. The first-order chi connectivity index (χ1) is 11.7. The molecule has 3 aromatic rings. The van der Waals surface area contributed by atoms with Gasteiger partial charge in [0, 0.05) is 43.8 Å². The number of carbonyl (C=O) groups excluding carboxylic acids is 1. The molecule has 4 rings (SSSR count). The number of pyridine rings is 1. The minimum Gasteiger partial charge on any atom is -0.325 e. The third-order valence-electron chi connectivity index (χ3n) is 4.61. The molecule has 0 saturated carbocycles. The Morgan fingerprint density at radius 3 is 2.85 bits per heavy atom. The largest absolute Gasteiger partial charge is 0.325 e. The Bertz CT molecular complexity index is 893. The summed E-state index contributed by atoms with van der Waals surface area (Å²) in [5.74, 6) is 0.0677. The Balaban J connectivity index is 0.00000121. The summed E-state index contributed by atoms with van der Waals surface area (Å²) in [5, 5.41) is 11.6. The van der Waals surface area contributed by atoms with Crippen LogP contribution in [0.5, 0.6) is 0 Å². The summed E-state index contributed by atoms with van der Waals surface area (Å²) < 4.78 is 1.78. The van der Waals surface area contributed by atoms with E-state index in [1.165, 1.54) is 0 Å². The van der Waals surface area contributed by atoms with Crippen molar-refractivity contribution >= 4 is 47.3 Å². The van der Waals surface area contributed by atoms with Crippen molar-refractivity contribution < 1.29 is 4.79 Å². The molecule has 2 N–H and O–H groups in total. The van der Waals surface area contributed by atoms with Crippen LogP contribution in [0.25, 0.3) is 10.9 Å². The fourth-order valence-electron chi connectivity index (χ4n) is 3.37. The molecular formula is C18H21Cl2N5O. The highest BCUT2D eigenvalue weighted by molar-refractivity contribution is 6.02. The van der Waals surface area contributed by atoms with E-state index in [0.29, 0.717) is 6.54 Å². The fourth-order valence-corrected chi connectivity index (χ4v) is 3.37. The van der Waals surface area contributed by atoms with Crippen LogP contribution < -0.4 is 10.6 Å². The Hall–Kier alpha value is -2.15. The van der Waals surface area contributed by atoms with Crippen LogP contribution in [-0.4, -0.2) is 33.8 Å². The van der Waals surface area contributed by atoms with E-state index in [0.717, 1.165) is 28.7 Å². The molecule has 0 bridgehead atoms. The topological polar surface area (TPSA) is 71.8 Å². The maximum atomic E-state index is 12.9. The first-order valence-electron chi connectivity index (χ1n) is 8.06. The van der Waals surface area contributed by atoms with Crippen LogP contribution in [0.3, 0.4) is 0 Å². The second kappa shape index (κ2) is 8.49. The molecule has 26 heavy (non-hydrogen) atoms. The molecule has 0 unspecified atom stereocenters. The number of anilines is 1. The van der Waals surface area contributed by atoms with Crippen molar-refractivity contribution in [3.63, 3.8) is 0 Å². The smallest absolute Gasteiger partial charge is 0.229 e. The SMILES string of the molecule is Cl.Cl.Cn1cc([C@H]2CNC[C@@H]2C(=O)Nc2cccc3ncccc23)cn1. The number of nitrogens with one attached hydrogen (secondary N) is 2. The van der Waals surface area contributed by atoms with Crippen molar-refractivity contribution in [3.8, 4) is 0 Å². The van der Waals surface area contributed by atoms with Crippen LogP contribution in [0.15, 0.2) is 48.9 Å². The lowest BCUT2D eigenvalue weighted by molar-refractivity contribution is -0.119. The predicted octanol–water partition coefficient (Wildman–Crippen LogP) is 2.75. The van der Waals surface area contributed by atoms with Gasteiger partial charge in [-0.15, -0.1) is 24.8 Å². The number of fused-ring (bicyclic) bond motifs is 1. The van der Waals surface area contributed by atoms with Crippen LogP contribution in [0, 0.1) is 5.92 Å². The summed E-state index contributed by atoms with van der Waals surface area (Å²) >= 11 is 0. The molecule has 1 fully saturated rings. The summed E-state index contributed by atoms with van der Waals surface area (Å²) in [6.07, 6.45) is 5.59. The predicted molar refractivity (Wildman–Crippen MR) is 107 cm³/mol. The zero-order valence-corrected chi connectivity index (χ0v) is 15.9. The average molecular weight is 394 g/mol. The maximum absolute atomic E-state index is 12.9. The second-order valence-corrected chi connectivity index (χ2v) is 6.18. The number of hydrogen-bond acceptors (Lipinski definition) is 4. The number of hydrogen-bond donors (Lipinski definition) is 2. The summed E-state index contributed by atoms with van der Waals surface area (Å²) in [4.78, 5) is 17.2. The Kier molecular flexibility index (Phi) is 6.58. The van der Waals surface area contributed by atoms with Gasteiger partial charge in [-0.1, -0.05) is 6.07 Å². The van der Waals surface area contributed by atoms with Gasteiger partial charge in [0.15, 0.2) is 0 Å². The molecule has 2 aromatic heterocycles. The van der Waals surface area contributed by atoms with Gasteiger partial charge in [-0.25, -0.2) is 0 Å². The van der Waals surface area contributed by atoms with Gasteiger partial charge in [0.1, 0.15) is 0 Å². The van der Waals surface area contributed by atoms with Gasteiger partial charge in [-0.2, -0.15) is 5.10 Å². The van der Waals surface area contributed by atoms with E-state index in [9.17, 15) is 4.79 Å². The number of halogens is 2. The van der Waals surface area contributed by atoms with Crippen molar-refractivity contribution in [2.75, 3.05) is 18.4 Å². The van der Waals surface area contributed by atoms with E-state index in [-0.39, 0.29) is 42.6 Å². The van der Waals surface area contributed by atoms with E-state index in [1.54, 1.807) is 10.9 Å². The quantitative estimate of drug-likeness (QED) is 0.717. The van der Waals surface area contributed by atoms with Crippen molar-refractivity contribution in [2.45, 2.75) is 5.92 Å². The van der Waals surface area contributed by atoms with Crippen LogP contribution in [0.1, 0.15) is 11.5 Å². The zero-order valence-electron chi connectivity index (χ0n) is 14.3. The van der Waals surface area contributed by atoms with Gasteiger partial charge < -0.3 is 10.6 Å². The highest BCUT2D eigenvalue weighted by atomic mass is 35.5. The number of amides is 1. The Morgan fingerprint density at radius 1 is 1.23 bits per heavy atom. The van der Waals surface area contributed by atoms with Crippen LogP contribution in [0.2, 0.25) is 0 Å². The minimum absolute atomic E-state index is 0. The molecule has 1 aromatic carbocycles. The lowest BCUT2D eigenvalue weighted by atomic mass is 9.90. The summed E-state index contributed by atoms with van der Waals surface area (Å²) in [7, 11) is 1.89. The standard InChI is InChI=1S/C18H19N5O.2ClH/c1-23-11-12(8-21-23)14-9-19-10-15(14)18(24)22-17-6-2-5-16-13(17)4-3-7-20-16;;/h2-8,11,14-15,19H,9-10H2,1H3,(H,22,24);2*1H/t14-,15+;;/m1../s1. The molecule has 1 aliphatic heterocycles. The van der Waals surface area contributed by atoms with Gasteiger partial charge in [0.2, 0.25) is 5.91 Å². The fraction of sp³-hybridized carbons (Fsp3) is 0.278. The van der Waals surface area contributed by atoms with Crippen molar-refractivity contribution in [3.05, 3.63) is 54.5 Å². The number of aromatic nitrogens is 3. The van der Waals surface area contributed by atoms with E-state index < -0.39 is 0 Å². The molecule has 0 radical (unpaired) electrons. The second-order valence-electron chi connectivity index (χ2n) is 6.18. The van der Waals surface area contributed by atoms with Crippen molar-refractivity contribution in [1.29, 1.82) is 0 Å². The maximum Gasteiger partial charge on any atom is 0.229 e. The Morgan fingerprint density at radius 2 is 2.08 bits per heavy atom. The summed E-state index contributed by atoms with van der Waals surface area (Å²) in [6.45, 7) is 1.47. The number of benzene rings is 1. The lowest BCUT2D eigenvalue weighted by Gasteiger charge is -2.17.